The van der Waals surface area contributed by atoms with Crippen molar-refractivity contribution in [3.8, 4) is 0 Å². The molecule has 0 amide bonds. The van der Waals surface area contributed by atoms with Crippen LogP contribution < -0.4 is 10.6 Å². The van der Waals surface area contributed by atoms with Crippen LogP contribution in [0, 0.1) is 0 Å². The lowest BCUT2D eigenvalue weighted by atomic mass is 10.2. The summed E-state index contributed by atoms with van der Waals surface area (Å²) < 4.78 is 0. The van der Waals surface area contributed by atoms with Crippen LogP contribution in [0.5, 0.6) is 0 Å². The van der Waals surface area contributed by atoms with E-state index >= 15 is 0 Å². The molecule has 1 saturated heterocycles. The molecule has 0 aromatic carbocycles. The van der Waals surface area contributed by atoms with Crippen LogP contribution >= 0.6 is 11.8 Å². The standard InChI is InChI=1S/C10H16N4S/c1-15-10-12-6-4-9(14-10)13-7-8-3-2-5-11-8/h4,6,8,11H,2-3,5,7H2,1H3,(H,12,13,14). The topological polar surface area (TPSA) is 49.8 Å². The van der Waals surface area contributed by atoms with E-state index in [-0.39, 0.29) is 0 Å². The Labute approximate surface area is 94.3 Å². The smallest absolute Gasteiger partial charge is 0.189 e. The fourth-order valence-corrected chi connectivity index (χ4v) is 2.05. The maximum absolute atomic E-state index is 4.37. The number of aromatic nitrogens is 2. The second-order valence-electron chi connectivity index (χ2n) is 3.60. The monoisotopic (exact) mass is 224 g/mol. The zero-order valence-corrected chi connectivity index (χ0v) is 9.68. The molecule has 1 fully saturated rings. The molecular weight excluding hydrogens is 208 g/mol. The summed E-state index contributed by atoms with van der Waals surface area (Å²) in [5.74, 6) is 0.919. The van der Waals surface area contributed by atoms with Gasteiger partial charge in [0.15, 0.2) is 5.16 Å². The summed E-state index contributed by atoms with van der Waals surface area (Å²) in [7, 11) is 0. The molecule has 15 heavy (non-hydrogen) atoms. The summed E-state index contributed by atoms with van der Waals surface area (Å²) in [6.45, 7) is 2.09. The number of thioether (sulfide) groups is 1. The largest absolute Gasteiger partial charge is 0.368 e. The van der Waals surface area contributed by atoms with E-state index in [2.05, 4.69) is 20.6 Å². The average Bonchev–Trinajstić information content (AvgIpc) is 2.79. The summed E-state index contributed by atoms with van der Waals surface area (Å²) >= 11 is 1.56. The molecule has 1 aromatic rings. The first-order chi connectivity index (χ1) is 7.38. The van der Waals surface area contributed by atoms with Crippen molar-refractivity contribution in [2.75, 3.05) is 24.7 Å². The fraction of sp³-hybridized carbons (Fsp3) is 0.600. The Balaban J connectivity index is 1.86. The Morgan fingerprint density at radius 2 is 2.60 bits per heavy atom. The molecule has 2 rings (SSSR count). The van der Waals surface area contributed by atoms with E-state index < -0.39 is 0 Å². The van der Waals surface area contributed by atoms with E-state index in [1.165, 1.54) is 12.8 Å². The minimum atomic E-state index is 0.595. The van der Waals surface area contributed by atoms with E-state index in [1.807, 2.05) is 12.3 Å². The quantitative estimate of drug-likeness (QED) is 0.597. The Morgan fingerprint density at radius 1 is 1.67 bits per heavy atom. The van der Waals surface area contributed by atoms with Gasteiger partial charge in [0.25, 0.3) is 0 Å². The van der Waals surface area contributed by atoms with Crippen molar-refractivity contribution in [1.82, 2.24) is 15.3 Å². The van der Waals surface area contributed by atoms with Crippen molar-refractivity contribution in [2.45, 2.75) is 24.0 Å². The van der Waals surface area contributed by atoms with E-state index in [0.717, 1.165) is 24.1 Å². The molecule has 82 valence electrons. The summed E-state index contributed by atoms with van der Waals surface area (Å²) in [6.07, 6.45) is 6.32. The predicted octanol–water partition coefficient (Wildman–Crippen LogP) is 1.36. The van der Waals surface area contributed by atoms with E-state index in [4.69, 9.17) is 0 Å². The highest BCUT2D eigenvalue weighted by molar-refractivity contribution is 7.98. The van der Waals surface area contributed by atoms with Gasteiger partial charge in [-0.3, -0.25) is 0 Å². The second kappa shape index (κ2) is 5.32. The molecule has 2 heterocycles. The highest BCUT2D eigenvalue weighted by Gasteiger charge is 2.13. The van der Waals surface area contributed by atoms with Gasteiger partial charge >= 0.3 is 0 Å². The Hall–Kier alpha value is -0.810. The van der Waals surface area contributed by atoms with Crippen molar-refractivity contribution >= 4 is 17.6 Å². The lowest BCUT2D eigenvalue weighted by molar-refractivity contribution is 0.632. The number of hydrogen-bond donors (Lipinski definition) is 2. The number of nitrogens with zero attached hydrogens (tertiary/aromatic N) is 2. The van der Waals surface area contributed by atoms with Crippen LogP contribution in [-0.2, 0) is 0 Å². The van der Waals surface area contributed by atoms with Gasteiger partial charge in [-0.2, -0.15) is 0 Å². The highest BCUT2D eigenvalue weighted by Crippen LogP contribution is 2.11. The number of hydrogen-bond acceptors (Lipinski definition) is 5. The van der Waals surface area contributed by atoms with Gasteiger partial charge in [0.2, 0.25) is 0 Å². The molecule has 1 aliphatic rings. The minimum Gasteiger partial charge on any atom is -0.368 e. The third-order valence-corrected chi connectivity index (χ3v) is 3.07. The first kappa shape index (κ1) is 10.7. The molecule has 0 radical (unpaired) electrons. The van der Waals surface area contributed by atoms with Crippen LogP contribution in [-0.4, -0.2) is 35.4 Å². The van der Waals surface area contributed by atoms with Crippen molar-refractivity contribution in [1.29, 1.82) is 0 Å². The first-order valence-electron chi connectivity index (χ1n) is 5.23. The van der Waals surface area contributed by atoms with Gasteiger partial charge in [-0.25, -0.2) is 9.97 Å². The highest BCUT2D eigenvalue weighted by atomic mass is 32.2. The van der Waals surface area contributed by atoms with Crippen LogP contribution in [0.3, 0.4) is 0 Å². The lowest BCUT2D eigenvalue weighted by Crippen LogP contribution is -2.29. The van der Waals surface area contributed by atoms with Crippen LogP contribution in [0.1, 0.15) is 12.8 Å². The van der Waals surface area contributed by atoms with Crippen LogP contribution in [0.25, 0.3) is 0 Å². The Kier molecular flexibility index (Phi) is 3.80. The Bertz CT molecular complexity index is 312. The van der Waals surface area contributed by atoms with E-state index in [9.17, 15) is 0 Å². The summed E-state index contributed by atoms with van der Waals surface area (Å²) in [4.78, 5) is 8.50. The fourth-order valence-electron chi connectivity index (χ4n) is 1.70. The summed E-state index contributed by atoms with van der Waals surface area (Å²) in [6, 6.07) is 2.51. The maximum atomic E-state index is 4.37. The predicted molar refractivity (Wildman–Crippen MR) is 63.3 cm³/mol. The third-order valence-electron chi connectivity index (χ3n) is 2.51. The molecule has 0 spiro atoms. The van der Waals surface area contributed by atoms with Crippen LogP contribution in [0.4, 0.5) is 5.82 Å². The molecule has 1 aliphatic heterocycles. The summed E-state index contributed by atoms with van der Waals surface area (Å²) in [5, 5.41) is 7.60. The summed E-state index contributed by atoms with van der Waals surface area (Å²) in [5.41, 5.74) is 0. The van der Waals surface area contributed by atoms with Gasteiger partial charge in [-0.05, 0) is 31.7 Å². The molecule has 2 N–H and O–H groups in total. The third kappa shape index (κ3) is 3.07. The van der Waals surface area contributed by atoms with Gasteiger partial charge in [0.1, 0.15) is 5.82 Å². The number of rotatable bonds is 4. The van der Waals surface area contributed by atoms with Crippen LogP contribution in [0.2, 0.25) is 0 Å². The van der Waals surface area contributed by atoms with Crippen molar-refractivity contribution in [3.05, 3.63) is 12.3 Å². The van der Waals surface area contributed by atoms with Crippen LogP contribution in [0.15, 0.2) is 17.4 Å². The first-order valence-corrected chi connectivity index (χ1v) is 6.45. The zero-order chi connectivity index (χ0) is 10.5. The van der Waals surface area contributed by atoms with Gasteiger partial charge < -0.3 is 10.6 Å². The van der Waals surface area contributed by atoms with E-state index in [1.54, 1.807) is 18.0 Å². The Morgan fingerprint density at radius 3 is 3.33 bits per heavy atom. The molecule has 0 saturated carbocycles. The number of nitrogens with one attached hydrogen (secondary N) is 2. The van der Waals surface area contributed by atoms with Gasteiger partial charge in [-0.1, -0.05) is 11.8 Å². The average molecular weight is 224 g/mol. The molecular formula is C10H16N4S. The lowest BCUT2D eigenvalue weighted by Gasteiger charge is -2.11. The number of anilines is 1. The van der Waals surface area contributed by atoms with Crippen molar-refractivity contribution in [3.63, 3.8) is 0 Å². The molecule has 1 atom stereocenters. The molecule has 1 aromatic heterocycles. The SMILES string of the molecule is CSc1nccc(NCC2CCCN2)n1. The molecule has 1 unspecified atom stereocenters. The van der Waals surface area contributed by atoms with Gasteiger partial charge in [-0.15, -0.1) is 0 Å². The van der Waals surface area contributed by atoms with Gasteiger partial charge in [0, 0.05) is 18.8 Å². The molecule has 5 heteroatoms. The minimum absolute atomic E-state index is 0.595. The second-order valence-corrected chi connectivity index (χ2v) is 4.38. The molecule has 4 nitrogen and oxygen atoms in total. The normalized spacial score (nSPS) is 20.5. The molecule has 0 aliphatic carbocycles. The van der Waals surface area contributed by atoms with Gasteiger partial charge in [0.05, 0.1) is 0 Å². The maximum Gasteiger partial charge on any atom is 0.189 e. The zero-order valence-electron chi connectivity index (χ0n) is 8.86. The van der Waals surface area contributed by atoms with E-state index in [0.29, 0.717) is 6.04 Å². The van der Waals surface area contributed by atoms with Crippen molar-refractivity contribution < 1.29 is 0 Å². The molecule has 0 bridgehead atoms. The van der Waals surface area contributed by atoms with Crippen molar-refractivity contribution in [2.24, 2.45) is 0 Å².